The average molecular weight is 215 g/mol. The van der Waals surface area contributed by atoms with Crippen molar-refractivity contribution in [1.82, 2.24) is 9.88 Å². The molecule has 0 saturated carbocycles. The van der Waals surface area contributed by atoms with Crippen LogP contribution in [0.25, 0.3) is 10.8 Å². The monoisotopic (exact) mass is 215 g/mol. The van der Waals surface area contributed by atoms with Crippen molar-refractivity contribution in [2.75, 3.05) is 19.8 Å². The van der Waals surface area contributed by atoms with Gasteiger partial charge in [0.1, 0.15) is 5.69 Å². The van der Waals surface area contributed by atoms with Gasteiger partial charge < -0.3 is 10.6 Å². The van der Waals surface area contributed by atoms with Crippen molar-refractivity contribution in [1.29, 1.82) is 0 Å². The van der Waals surface area contributed by atoms with E-state index in [9.17, 15) is 4.79 Å². The molecule has 0 fully saturated rings. The number of carbonyl (C=O) groups excluding carboxylic acids is 1. The van der Waals surface area contributed by atoms with Gasteiger partial charge in [-0.05, 0) is 17.5 Å². The van der Waals surface area contributed by atoms with Gasteiger partial charge in [-0.25, -0.2) is 0 Å². The molecule has 0 bridgehead atoms. The summed E-state index contributed by atoms with van der Waals surface area (Å²) in [6, 6.07) is 7.40. The summed E-state index contributed by atoms with van der Waals surface area (Å²) in [5, 5.41) is 1.66. The van der Waals surface area contributed by atoms with Gasteiger partial charge in [0.2, 0.25) is 0 Å². The van der Waals surface area contributed by atoms with Crippen LogP contribution in [-0.4, -0.2) is 29.9 Å². The van der Waals surface area contributed by atoms with Gasteiger partial charge >= 0.3 is 0 Å². The molecule has 1 amide bonds. The Morgan fingerprint density at radius 3 is 2.75 bits per heavy atom. The average Bonchev–Trinajstić information content (AvgIpc) is 2.27. The summed E-state index contributed by atoms with van der Waals surface area (Å²) in [6.45, 7) is 0. The third kappa shape index (κ3) is 1.58. The lowest BCUT2D eigenvalue weighted by Gasteiger charge is -2.12. The lowest BCUT2D eigenvalue weighted by Crippen LogP contribution is -2.23. The Kier molecular flexibility index (Phi) is 2.48. The molecule has 2 aromatic rings. The topological polar surface area (TPSA) is 59.2 Å². The predicted octanol–water partition coefficient (Wildman–Crippen LogP) is 1.52. The summed E-state index contributed by atoms with van der Waals surface area (Å²) >= 11 is 0. The maximum absolute atomic E-state index is 11.9. The summed E-state index contributed by atoms with van der Waals surface area (Å²) in [6.07, 6.45) is 1.62. The molecule has 0 aliphatic carbocycles. The number of carbonyl (C=O) groups is 1. The molecule has 0 unspecified atom stereocenters. The highest BCUT2D eigenvalue weighted by atomic mass is 16.2. The molecule has 82 valence electrons. The van der Waals surface area contributed by atoms with Crippen LogP contribution >= 0.6 is 0 Å². The van der Waals surface area contributed by atoms with Crippen molar-refractivity contribution >= 4 is 22.4 Å². The third-order valence-electron chi connectivity index (χ3n) is 2.43. The second kappa shape index (κ2) is 3.81. The fraction of sp³-hybridized carbons (Fsp3) is 0.167. The number of amides is 1. The highest BCUT2D eigenvalue weighted by molar-refractivity contribution is 6.09. The number of pyridine rings is 1. The normalized spacial score (nSPS) is 10.4. The van der Waals surface area contributed by atoms with Gasteiger partial charge in [0, 0.05) is 31.4 Å². The van der Waals surface area contributed by atoms with E-state index in [0.717, 1.165) is 10.8 Å². The first-order valence-corrected chi connectivity index (χ1v) is 4.96. The van der Waals surface area contributed by atoms with Crippen LogP contribution in [0, 0.1) is 0 Å². The molecule has 0 radical (unpaired) electrons. The molecule has 4 nitrogen and oxygen atoms in total. The van der Waals surface area contributed by atoms with Crippen molar-refractivity contribution in [3.8, 4) is 0 Å². The lowest BCUT2D eigenvalue weighted by atomic mass is 10.1. The highest BCUT2D eigenvalue weighted by Crippen LogP contribution is 2.23. The number of nitrogens with zero attached hydrogens (tertiary/aromatic N) is 2. The van der Waals surface area contributed by atoms with Gasteiger partial charge in [0.25, 0.3) is 5.91 Å². The molecule has 2 rings (SSSR count). The second-order valence-corrected chi connectivity index (χ2v) is 3.80. The summed E-state index contributed by atoms with van der Waals surface area (Å²) in [5.74, 6) is -0.136. The third-order valence-corrected chi connectivity index (χ3v) is 2.43. The van der Waals surface area contributed by atoms with Crippen molar-refractivity contribution in [2.45, 2.75) is 0 Å². The van der Waals surface area contributed by atoms with E-state index in [1.165, 1.54) is 4.90 Å². The van der Waals surface area contributed by atoms with Gasteiger partial charge in [-0.2, -0.15) is 0 Å². The zero-order valence-electron chi connectivity index (χ0n) is 9.27. The van der Waals surface area contributed by atoms with Crippen LogP contribution in [0.4, 0.5) is 5.69 Å². The number of rotatable bonds is 1. The molecular weight excluding hydrogens is 202 g/mol. The zero-order valence-corrected chi connectivity index (χ0v) is 9.27. The number of benzene rings is 1. The largest absolute Gasteiger partial charge is 0.398 e. The summed E-state index contributed by atoms with van der Waals surface area (Å²) in [5.41, 5.74) is 6.87. The number of hydrogen-bond donors (Lipinski definition) is 1. The number of hydrogen-bond acceptors (Lipinski definition) is 3. The fourth-order valence-corrected chi connectivity index (χ4v) is 1.63. The summed E-state index contributed by atoms with van der Waals surface area (Å²) in [7, 11) is 3.39. The van der Waals surface area contributed by atoms with Crippen molar-refractivity contribution < 1.29 is 4.79 Å². The van der Waals surface area contributed by atoms with E-state index in [-0.39, 0.29) is 5.91 Å². The zero-order chi connectivity index (χ0) is 11.7. The van der Waals surface area contributed by atoms with Crippen molar-refractivity contribution in [2.24, 2.45) is 0 Å². The fourth-order valence-electron chi connectivity index (χ4n) is 1.63. The molecule has 0 aliphatic heterocycles. The van der Waals surface area contributed by atoms with Crippen LogP contribution in [0.2, 0.25) is 0 Å². The van der Waals surface area contributed by atoms with Gasteiger partial charge in [0.15, 0.2) is 0 Å². The van der Waals surface area contributed by atoms with Crippen LogP contribution in [0.5, 0.6) is 0 Å². The van der Waals surface area contributed by atoms with Crippen LogP contribution in [0.1, 0.15) is 10.5 Å². The maximum atomic E-state index is 11.9. The highest BCUT2D eigenvalue weighted by Gasteiger charge is 2.14. The Labute approximate surface area is 93.7 Å². The van der Waals surface area contributed by atoms with Crippen LogP contribution in [0.3, 0.4) is 0 Å². The molecule has 2 N–H and O–H groups in total. The quantitative estimate of drug-likeness (QED) is 0.734. The SMILES string of the molecule is CN(C)C(=O)c1nccc2cccc(N)c12. The number of nitrogens with two attached hydrogens (primary N) is 1. The van der Waals surface area contributed by atoms with Crippen LogP contribution in [-0.2, 0) is 0 Å². The van der Waals surface area contributed by atoms with E-state index < -0.39 is 0 Å². The minimum Gasteiger partial charge on any atom is -0.398 e. The summed E-state index contributed by atoms with van der Waals surface area (Å²) < 4.78 is 0. The molecule has 4 heteroatoms. The Morgan fingerprint density at radius 1 is 1.31 bits per heavy atom. The first-order chi connectivity index (χ1) is 7.61. The predicted molar refractivity (Wildman–Crippen MR) is 64.2 cm³/mol. The van der Waals surface area contributed by atoms with E-state index in [1.54, 1.807) is 26.4 Å². The first kappa shape index (κ1) is 10.4. The maximum Gasteiger partial charge on any atom is 0.272 e. The Morgan fingerprint density at radius 2 is 2.06 bits per heavy atom. The van der Waals surface area contributed by atoms with Crippen molar-refractivity contribution in [3.63, 3.8) is 0 Å². The second-order valence-electron chi connectivity index (χ2n) is 3.80. The Balaban J connectivity index is 2.75. The Bertz CT molecular complexity index is 544. The van der Waals surface area contributed by atoms with Gasteiger partial charge in [-0.15, -0.1) is 0 Å². The van der Waals surface area contributed by atoms with E-state index in [4.69, 9.17) is 5.73 Å². The van der Waals surface area contributed by atoms with E-state index in [0.29, 0.717) is 11.4 Å². The van der Waals surface area contributed by atoms with Crippen LogP contribution in [0.15, 0.2) is 30.5 Å². The lowest BCUT2D eigenvalue weighted by molar-refractivity contribution is 0.0824. The standard InChI is InChI=1S/C12H13N3O/c1-15(2)12(16)11-10-8(6-7-14-11)4-3-5-9(10)13/h3-7H,13H2,1-2H3. The number of aromatic nitrogens is 1. The molecule has 0 atom stereocenters. The molecule has 0 saturated heterocycles. The van der Waals surface area contributed by atoms with Crippen molar-refractivity contribution in [3.05, 3.63) is 36.2 Å². The Hall–Kier alpha value is -2.10. The van der Waals surface area contributed by atoms with Crippen LogP contribution < -0.4 is 5.73 Å². The van der Waals surface area contributed by atoms with Gasteiger partial charge in [-0.3, -0.25) is 9.78 Å². The molecule has 1 aromatic carbocycles. The molecule has 1 aromatic heterocycles. The minimum absolute atomic E-state index is 0.136. The van der Waals surface area contributed by atoms with E-state index in [2.05, 4.69) is 4.98 Å². The molecular formula is C12H13N3O. The molecule has 1 heterocycles. The first-order valence-electron chi connectivity index (χ1n) is 4.96. The molecule has 16 heavy (non-hydrogen) atoms. The number of fused-ring (bicyclic) bond motifs is 1. The summed E-state index contributed by atoms with van der Waals surface area (Å²) in [4.78, 5) is 17.5. The number of nitrogen functional groups attached to an aromatic ring is 1. The van der Waals surface area contributed by atoms with Gasteiger partial charge in [0.05, 0.1) is 0 Å². The van der Waals surface area contributed by atoms with E-state index >= 15 is 0 Å². The van der Waals surface area contributed by atoms with E-state index in [1.807, 2.05) is 18.2 Å². The minimum atomic E-state index is -0.136. The molecule has 0 spiro atoms. The number of anilines is 1. The van der Waals surface area contributed by atoms with Gasteiger partial charge in [-0.1, -0.05) is 12.1 Å². The smallest absolute Gasteiger partial charge is 0.272 e. The molecule has 0 aliphatic rings.